The molecule has 1 fully saturated rings. The van der Waals surface area contributed by atoms with E-state index in [1.807, 2.05) is 6.07 Å². The lowest BCUT2D eigenvalue weighted by Gasteiger charge is -2.32. The predicted molar refractivity (Wildman–Crippen MR) is 181 cm³/mol. The Morgan fingerprint density at radius 1 is 0.902 bits per heavy atom. The van der Waals surface area contributed by atoms with Gasteiger partial charge in [0.2, 0.25) is 5.91 Å². The Morgan fingerprint density at radius 3 is 2.20 bits per heavy atom. The lowest BCUT2D eigenvalue weighted by atomic mass is 9.73. The monoisotopic (exact) mass is 606 g/mol. The maximum atomic E-state index is 14.1. The van der Waals surface area contributed by atoms with Crippen LogP contribution < -0.4 is 10.6 Å². The summed E-state index contributed by atoms with van der Waals surface area (Å²) in [6, 6.07) is 27.7. The zero-order valence-corrected chi connectivity index (χ0v) is 27.4. The molecule has 0 spiro atoms. The Labute approximate surface area is 252 Å². The number of rotatable bonds is 13. The van der Waals surface area contributed by atoms with Crippen molar-refractivity contribution in [2.24, 2.45) is 5.92 Å². The zero-order valence-electron chi connectivity index (χ0n) is 23.9. The maximum Gasteiger partial charge on any atom is 0.235 e. The fraction of sp³-hybridized carbons (Fsp3) is 0.441. The van der Waals surface area contributed by atoms with E-state index in [-0.39, 0.29) is 10.5 Å². The zero-order chi connectivity index (χ0) is 28.9. The minimum absolute atomic E-state index is 0.0984. The van der Waals surface area contributed by atoms with E-state index >= 15 is 0 Å². The van der Waals surface area contributed by atoms with E-state index in [1.165, 1.54) is 29.5 Å². The van der Waals surface area contributed by atoms with Crippen molar-refractivity contribution in [3.05, 3.63) is 95.6 Å². The lowest BCUT2D eigenvalue weighted by molar-refractivity contribution is -0.125. The minimum atomic E-state index is -0.666. The van der Waals surface area contributed by atoms with Crippen LogP contribution in [0.25, 0.3) is 11.1 Å². The van der Waals surface area contributed by atoms with E-state index in [0.29, 0.717) is 18.5 Å². The molecule has 5 unspecified atom stereocenters. The number of aryl methyl sites for hydroxylation is 1. The molecular formula is C34H45N2O2P3. The van der Waals surface area contributed by atoms with Gasteiger partial charge in [0.1, 0.15) is 11.6 Å². The first-order valence-corrected chi connectivity index (χ1v) is 16.8. The van der Waals surface area contributed by atoms with Gasteiger partial charge in [0.05, 0.1) is 0 Å². The normalized spacial score (nSPS) is 19.9. The number of hydrogen-bond acceptors (Lipinski definition) is 3. The van der Waals surface area contributed by atoms with E-state index in [1.54, 1.807) is 0 Å². The summed E-state index contributed by atoms with van der Waals surface area (Å²) in [7, 11) is 8.33. The molecular weight excluding hydrogens is 561 g/mol. The minimum Gasteiger partial charge on any atom is -0.379 e. The Balaban J connectivity index is 1.18. The summed E-state index contributed by atoms with van der Waals surface area (Å²) in [6.07, 6.45) is 8.71. The van der Waals surface area contributed by atoms with Crippen LogP contribution in [0.5, 0.6) is 0 Å². The van der Waals surface area contributed by atoms with Gasteiger partial charge < -0.3 is 10.4 Å². The van der Waals surface area contributed by atoms with Crippen molar-refractivity contribution in [3.8, 4) is 11.1 Å². The fourth-order valence-electron chi connectivity index (χ4n) is 6.95. The van der Waals surface area contributed by atoms with Crippen molar-refractivity contribution < 1.29 is 9.90 Å². The maximum absolute atomic E-state index is 14.1. The highest BCUT2D eigenvalue weighted by molar-refractivity contribution is 7.57. The number of carbonyl (C=O) groups is 1. The van der Waals surface area contributed by atoms with Gasteiger partial charge in [-0.05, 0) is 72.3 Å². The molecule has 3 N–H and O–H groups in total. The highest BCUT2D eigenvalue weighted by Gasteiger charge is 2.48. The van der Waals surface area contributed by atoms with Crippen LogP contribution in [0.1, 0.15) is 68.1 Å². The van der Waals surface area contributed by atoms with Gasteiger partial charge >= 0.3 is 0 Å². The smallest absolute Gasteiger partial charge is 0.235 e. The number of hydrogen-bond donors (Lipinski definition) is 3. The predicted octanol–water partition coefficient (Wildman–Crippen LogP) is 6.62. The third kappa shape index (κ3) is 7.47. The lowest BCUT2D eigenvalue weighted by Crippen LogP contribution is -2.46. The van der Waals surface area contributed by atoms with Crippen LogP contribution in [0.15, 0.2) is 78.9 Å². The molecule has 6 atom stereocenters. The molecule has 7 heteroatoms. The summed E-state index contributed by atoms with van der Waals surface area (Å²) in [5.41, 5.74) is 5.24. The van der Waals surface area contributed by atoms with E-state index in [0.717, 1.165) is 56.1 Å². The quantitative estimate of drug-likeness (QED) is 0.117. The van der Waals surface area contributed by atoms with Crippen LogP contribution in [-0.4, -0.2) is 34.5 Å². The molecule has 41 heavy (non-hydrogen) atoms. The molecule has 0 saturated heterocycles. The van der Waals surface area contributed by atoms with Crippen LogP contribution in [-0.2, 0) is 16.6 Å². The summed E-state index contributed by atoms with van der Waals surface area (Å²) in [5.74, 6) is 0.773. The average molecular weight is 607 g/mol. The molecule has 0 bridgehead atoms. The second kappa shape index (κ2) is 13.8. The Kier molecular flexibility index (Phi) is 10.3. The first-order chi connectivity index (χ1) is 19.8. The van der Waals surface area contributed by atoms with Crippen molar-refractivity contribution in [1.82, 2.24) is 10.6 Å². The number of fused-ring (bicyclic) bond motifs is 3. The van der Waals surface area contributed by atoms with Crippen LogP contribution in [0.2, 0.25) is 0 Å². The van der Waals surface area contributed by atoms with Crippen molar-refractivity contribution in [2.45, 2.75) is 80.1 Å². The third-order valence-corrected chi connectivity index (χ3v) is 9.55. The van der Waals surface area contributed by atoms with Crippen molar-refractivity contribution >= 4 is 33.6 Å². The first-order valence-electron chi connectivity index (χ1n) is 15.1. The van der Waals surface area contributed by atoms with E-state index < -0.39 is 11.6 Å². The topological polar surface area (TPSA) is 61.4 Å². The van der Waals surface area contributed by atoms with Crippen LogP contribution >= 0.6 is 27.7 Å². The summed E-state index contributed by atoms with van der Waals surface area (Å²) >= 11 is 0. The SMILES string of the molecule is O=C(NCC(P)(P)P)C1(CCCC[C@H]2CCC(NC(O)CCc3ccccc3)C2)c2ccccc2-c2ccccc21. The van der Waals surface area contributed by atoms with Gasteiger partial charge in [-0.3, -0.25) is 10.1 Å². The molecule has 5 rings (SSSR count). The molecule has 3 aromatic rings. The standard InChI is InChI=1S/C34H45N2O2P3/c37-31(20-18-24-10-2-1-3-11-24)36-26-19-17-25(22-26)12-8-9-21-33(32(38)35-23-34(39,40)41)29-15-6-4-13-27(29)28-14-5-7-16-30(28)33/h1-7,10-11,13-16,25-26,31,36-37H,8-9,12,17-23,39-41H2,(H,35,38)/t25-,26?,31?/m0/s1. The van der Waals surface area contributed by atoms with Crippen LogP contribution in [0.4, 0.5) is 0 Å². The molecule has 218 valence electrons. The van der Waals surface area contributed by atoms with Crippen LogP contribution in [0, 0.1) is 5.92 Å². The summed E-state index contributed by atoms with van der Waals surface area (Å²) in [6.45, 7) is 0.547. The van der Waals surface area contributed by atoms with Gasteiger partial charge in [0.25, 0.3) is 0 Å². The van der Waals surface area contributed by atoms with Gasteiger partial charge in [0.15, 0.2) is 0 Å². The van der Waals surface area contributed by atoms with Crippen LogP contribution in [0.3, 0.4) is 0 Å². The number of unbranched alkanes of at least 4 members (excludes halogenated alkanes) is 1. The molecule has 1 saturated carbocycles. The Hall–Kier alpha value is -1.66. The molecule has 0 aromatic heterocycles. The summed E-state index contributed by atoms with van der Waals surface area (Å²) in [5, 5.41) is 17.3. The van der Waals surface area contributed by atoms with E-state index in [9.17, 15) is 9.90 Å². The van der Waals surface area contributed by atoms with Crippen molar-refractivity contribution in [1.29, 1.82) is 0 Å². The Morgan fingerprint density at radius 2 is 1.54 bits per heavy atom. The van der Waals surface area contributed by atoms with Gasteiger partial charge in [-0.25, -0.2) is 0 Å². The number of aliphatic hydroxyl groups excluding tert-OH is 1. The molecule has 4 nitrogen and oxygen atoms in total. The highest BCUT2D eigenvalue weighted by atomic mass is 31.1. The van der Waals surface area contributed by atoms with E-state index in [2.05, 4.69) is 111 Å². The molecule has 0 heterocycles. The third-order valence-electron chi connectivity index (χ3n) is 8.94. The number of aliphatic hydroxyl groups is 1. The molecule has 0 aliphatic heterocycles. The second-order valence-electron chi connectivity index (χ2n) is 12.1. The van der Waals surface area contributed by atoms with E-state index in [4.69, 9.17) is 0 Å². The van der Waals surface area contributed by atoms with Gasteiger partial charge in [-0.1, -0.05) is 98.1 Å². The first kappa shape index (κ1) is 30.8. The molecule has 3 aromatic carbocycles. The molecule has 2 aliphatic carbocycles. The fourth-order valence-corrected chi connectivity index (χ4v) is 7.26. The second-order valence-corrected chi connectivity index (χ2v) is 17.3. The largest absolute Gasteiger partial charge is 0.379 e. The average Bonchev–Trinajstić information content (AvgIpc) is 3.54. The van der Waals surface area contributed by atoms with Gasteiger partial charge in [0, 0.05) is 17.2 Å². The van der Waals surface area contributed by atoms with Crippen molar-refractivity contribution in [3.63, 3.8) is 0 Å². The number of benzene rings is 3. The number of nitrogens with one attached hydrogen (secondary N) is 2. The Bertz CT molecular complexity index is 1270. The highest BCUT2D eigenvalue weighted by Crippen LogP contribution is 2.52. The molecule has 2 aliphatic rings. The van der Waals surface area contributed by atoms with Crippen molar-refractivity contribution in [2.75, 3.05) is 6.54 Å². The number of amides is 1. The summed E-state index contributed by atoms with van der Waals surface area (Å²) in [4.78, 5) is 14.1. The van der Waals surface area contributed by atoms with Gasteiger partial charge in [-0.15, -0.1) is 27.7 Å². The molecule has 0 radical (unpaired) electrons. The van der Waals surface area contributed by atoms with Gasteiger partial charge in [-0.2, -0.15) is 0 Å². The molecule has 1 amide bonds. The summed E-state index contributed by atoms with van der Waals surface area (Å²) < 4.78 is -0.226. The number of carbonyl (C=O) groups excluding carboxylic acids is 1.